The van der Waals surface area contributed by atoms with Gasteiger partial charge in [-0.05, 0) is 0 Å². The molecule has 0 unspecified atom stereocenters. The second-order valence-corrected chi connectivity index (χ2v) is 4.87. The molecule has 0 bridgehead atoms. The van der Waals surface area contributed by atoms with Crippen LogP contribution >= 0.6 is 0 Å². The van der Waals surface area contributed by atoms with Crippen LogP contribution in [0, 0.1) is 6.92 Å². The minimum absolute atomic E-state index is 0.690. The van der Waals surface area contributed by atoms with E-state index in [2.05, 4.69) is 37.3 Å². The molecule has 0 N–H and O–H groups in total. The van der Waals surface area contributed by atoms with Crippen LogP contribution in [0.2, 0.25) is 5.32 Å². The zero-order valence-electron chi connectivity index (χ0n) is 6.50. The van der Waals surface area contributed by atoms with Crippen LogP contribution in [0.1, 0.15) is 11.1 Å². The van der Waals surface area contributed by atoms with E-state index in [1.165, 1.54) is 16.4 Å². The van der Waals surface area contributed by atoms with Crippen LogP contribution in [0.5, 0.6) is 0 Å². The van der Waals surface area contributed by atoms with Crippen LogP contribution in [-0.2, 0) is 0 Å². The third kappa shape index (κ3) is 1.26. The van der Waals surface area contributed by atoms with Crippen molar-refractivity contribution in [2.75, 3.05) is 0 Å². The molecule has 0 nitrogen and oxygen atoms in total. The molecule has 0 saturated heterocycles. The van der Waals surface area contributed by atoms with Crippen LogP contribution < -0.4 is 4.46 Å². The molecule has 1 aliphatic rings. The zero-order valence-corrected chi connectivity index (χ0v) is 8.22. The van der Waals surface area contributed by atoms with E-state index in [4.69, 9.17) is 0 Å². The summed E-state index contributed by atoms with van der Waals surface area (Å²) in [4.78, 5) is 0. The molecule has 0 amide bonds. The maximum absolute atomic E-state index is 2.28. The number of allylic oxidation sites excluding steroid dienone is 1. The summed E-state index contributed by atoms with van der Waals surface area (Å²) in [6, 6.07) is 6.55. The van der Waals surface area contributed by atoms with Gasteiger partial charge in [-0.15, -0.1) is 0 Å². The van der Waals surface area contributed by atoms with Gasteiger partial charge in [-0.3, -0.25) is 0 Å². The third-order valence-corrected chi connectivity index (χ3v) is 4.39. The molecule has 1 aromatic rings. The van der Waals surface area contributed by atoms with Crippen molar-refractivity contribution in [3.63, 3.8) is 0 Å². The normalized spacial score (nSPS) is 14.6. The molecule has 11 heavy (non-hydrogen) atoms. The second-order valence-electron chi connectivity index (χ2n) is 2.71. The van der Waals surface area contributed by atoms with Crippen molar-refractivity contribution in [2.45, 2.75) is 12.2 Å². The first-order valence-electron chi connectivity index (χ1n) is 3.77. The molecule has 56 valence electrons. The Hall–Kier alpha value is -0.521. The van der Waals surface area contributed by atoms with E-state index in [1.54, 1.807) is 4.46 Å². The molecule has 1 aromatic carbocycles. The fourth-order valence-corrected chi connectivity index (χ4v) is 3.32. The van der Waals surface area contributed by atoms with Crippen LogP contribution in [0.4, 0.5) is 0 Å². The Labute approximate surface area is 73.5 Å². The second kappa shape index (κ2) is 2.84. The molecule has 0 saturated carbocycles. The summed E-state index contributed by atoms with van der Waals surface area (Å²) in [7, 11) is 0. The van der Waals surface area contributed by atoms with Gasteiger partial charge in [0.1, 0.15) is 0 Å². The predicted molar refractivity (Wildman–Crippen MR) is 50.4 cm³/mol. The van der Waals surface area contributed by atoms with E-state index in [0.29, 0.717) is 15.0 Å². The molecule has 0 radical (unpaired) electrons. The van der Waals surface area contributed by atoms with Gasteiger partial charge in [0.05, 0.1) is 0 Å². The van der Waals surface area contributed by atoms with E-state index in [0.717, 1.165) is 0 Å². The van der Waals surface area contributed by atoms with Crippen molar-refractivity contribution in [3.8, 4) is 0 Å². The van der Waals surface area contributed by atoms with E-state index in [1.807, 2.05) is 0 Å². The Kier molecular flexibility index (Phi) is 1.85. The van der Waals surface area contributed by atoms with E-state index in [-0.39, 0.29) is 0 Å². The fraction of sp³-hybridized carbons (Fsp3) is 0.200. The van der Waals surface area contributed by atoms with Crippen LogP contribution in [0.15, 0.2) is 24.3 Å². The van der Waals surface area contributed by atoms with Crippen LogP contribution in [0.25, 0.3) is 6.08 Å². The Morgan fingerprint density at radius 3 is 3.09 bits per heavy atom. The Morgan fingerprint density at radius 1 is 1.36 bits per heavy atom. The Morgan fingerprint density at radius 2 is 2.27 bits per heavy atom. The molecule has 0 aromatic heterocycles. The summed E-state index contributed by atoms with van der Waals surface area (Å²) in [5, 5.41) is 1.27. The SMILES string of the molecule is Cc1cccc2c1[Se]CC=C2. The number of benzene rings is 1. The first-order chi connectivity index (χ1) is 5.38. The van der Waals surface area contributed by atoms with Gasteiger partial charge in [0, 0.05) is 0 Å². The van der Waals surface area contributed by atoms with Gasteiger partial charge in [-0.25, -0.2) is 0 Å². The fourth-order valence-electron chi connectivity index (χ4n) is 1.31. The van der Waals surface area contributed by atoms with Gasteiger partial charge in [-0.2, -0.15) is 0 Å². The first-order valence-corrected chi connectivity index (χ1v) is 5.83. The summed E-state index contributed by atoms with van der Waals surface area (Å²) in [5.74, 6) is 0. The summed E-state index contributed by atoms with van der Waals surface area (Å²) in [5.41, 5.74) is 2.91. The van der Waals surface area contributed by atoms with E-state index in [9.17, 15) is 0 Å². The average Bonchev–Trinajstić information content (AvgIpc) is 2.06. The molecule has 0 spiro atoms. The summed E-state index contributed by atoms with van der Waals surface area (Å²) in [6.45, 7) is 2.21. The number of hydrogen-bond donors (Lipinski definition) is 0. The van der Waals surface area contributed by atoms with Gasteiger partial charge >= 0.3 is 73.1 Å². The molecule has 1 aliphatic heterocycles. The molecule has 1 heterocycles. The van der Waals surface area contributed by atoms with Crippen molar-refractivity contribution >= 4 is 25.5 Å². The number of hydrogen-bond acceptors (Lipinski definition) is 0. The van der Waals surface area contributed by atoms with Crippen molar-refractivity contribution in [3.05, 3.63) is 35.4 Å². The monoisotopic (exact) mass is 210 g/mol. The average molecular weight is 209 g/mol. The molecule has 0 fully saturated rings. The van der Waals surface area contributed by atoms with Gasteiger partial charge in [0.2, 0.25) is 0 Å². The summed E-state index contributed by atoms with van der Waals surface area (Å²) in [6.07, 6.45) is 4.52. The molecule has 0 atom stereocenters. The zero-order chi connectivity index (χ0) is 7.68. The van der Waals surface area contributed by atoms with Gasteiger partial charge < -0.3 is 0 Å². The van der Waals surface area contributed by atoms with Crippen molar-refractivity contribution < 1.29 is 0 Å². The molecular formula is C10H10Se. The van der Waals surface area contributed by atoms with Crippen molar-refractivity contribution in [1.82, 2.24) is 0 Å². The minimum atomic E-state index is 0.690. The van der Waals surface area contributed by atoms with Gasteiger partial charge in [0.15, 0.2) is 0 Å². The van der Waals surface area contributed by atoms with E-state index < -0.39 is 0 Å². The summed E-state index contributed by atoms with van der Waals surface area (Å²) >= 11 is 0.690. The first kappa shape index (κ1) is 7.15. The number of rotatable bonds is 0. The van der Waals surface area contributed by atoms with Crippen LogP contribution in [0.3, 0.4) is 0 Å². The predicted octanol–water partition coefficient (Wildman–Crippen LogP) is 1.77. The topological polar surface area (TPSA) is 0 Å². The number of fused-ring (bicyclic) bond motifs is 1. The van der Waals surface area contributed by atoms with Crippen LogP contribution in [-0.4, -0.2) is 15.0 Å². The Balaban J connectivity index is 2.60. The standard InChI is InChI=1S/C10H10Se/c1-8-4-2-5-9-6-3-7-11-10(8)9/h2-6H,7H2,1H3. The van der Waals surface area contributed by atoms with E-state index >= 15 is 0 Å². The van der Waals surface area contributed by atoms with Crippen molar-refractivity contribution in [2.24, 2.45) is 0 Å². The molecule has 0 aliphatic carbocycles. The Bertz CT molecular complexity index is 300. The molecular weight excluding hydrogens is 199 g/mol. The third-order valence-electron chi connectivity index (χ3n) is 1.86. The quantitative estimate of drug-likeness (QED) is 0.571. The molecule has 1 heteroatoms. The van der Waals surface area contributed by atoms with Crippen molar-refractivity contribution in [1.29, 1.82) is 0 Å². The maximum atomic E-state index is 2.28. The van der Waals surface area contributed by atoms with Gasteiger partial charge in [-0.1, -0.05) is 0 Å². The number of aryl methyl sites for hydroxylation is 1. The molecule has 2 rings (SSSR count). The van der Waals surface area contributed by atoms with Gasteiger partial charge in [0.25, 0.3) is 0 Å². The summed E-state index contributed by atoms with van der Waals surface area (Å²) < 4.78 is 1.60.